The molecule has 0 aliphatic heterocycles. The predicted molar refractivity (Wildman–Crippen MR) is 63.5 cm³/mol. The minimum Gasteiger partial charge on any atom is -0.378 e. The van der Waals surface area contributed by atoms with Crippen LogP contribution in [0.1, 0.15) is 38.7 Å². The van der Waals surface area contributed by atoms with Crippen molar-refractivity contribution in [3.05, 3.63) is 35.9 Å². The van der Waals surface area contributed by atoms with Gasteiger partial charge in [0.2, 0.25) is 0 Å². The third kappa shape index (κ3) is 4.67. The number of hydrogen-bond acceptors (Lipinski definition) is 1. The van der Waals surface area contributed by atoms with E-state index in [0.717, 1.165) is 24.8 Å². The second-order valence-corrected chi connectivity index (χ2v) is 3.99. The molecule has 0 saturated carbocycles. The molecule has 80 valence electrons. The molecule has 1 atom stereocenters. The van der Waals surface area contributed by atoms with Gasteiger partial charge in [0.05, 0.1) is 0 Å². The van der Waals surface area contributed by atoms with Gasteiger partial charge in [-0.3, -0.25) is 0 Å². The Labute approximate surface area is 92.1 Å². The van der Waals surface area contributed by atoms with Crippen LogP contribution in [0.15, 0.2) is 30.3 Å². The highest BCUT2D eigenvalue weighted by molar-refractivity contribution is 5.35. The van der Waals surface area contributed by atoms with Gasteiger partial charge in [-0.1, -0.05) is 43.4 Å². The van der Waals surface area contributed by atoms with E-state index < -0.39 is 5.60 Å². The van der Waals surface area contributed by atoms with Gasteiger partial charge in [0.25, 0.3) is 0 Å². The number of aliphatic hydroxyl groups is 1. The smallest absolute Gasteiger partial charge is 0.123 e. The van der Waals surface area contributed by atoms with Crippen LogP contribution in [0.25, 0.3) is 0 Å². The molecule has 1 aromatic carbocycles. The first-order valence-electron chi connectivity index (χ1n) is 5.44. The van der Waals surface area contributed by atoms with Gasteiger partial charge < -0.3 is 5.11 Å². The summed E-state index contributed by atoms with van der Waals surface area (Å²) in [5.74, 6) is 5.91. The molecule has 1 nitrogen and oxygen atoms in total. The summed E-state index contributed by atoms with van der Waals surface area (Å²) in [6.07, 6.45) is 2.84. The SMILES string of the molecule is CCCCC(C)(O)C#Cc1ccccc1. The Kier molecular flexibility index (Phi) is 4.39. The van der Waals surface area contributed by atoms with E-state index in [1.54, 1.807) is 6.92 Å². The van der Waals surface area contributed by atoms with Crippen LogP contribution >= 0.6 is 0 Å². The second kappa shape index (κ2) is 5.58. The lowest BCUT2D eigenvalue weighted by atomic mass is 9.99. The van der Waals surface area contributed by atoms with Gasteiger partial charge in [0, 0.05) is 5.56 Å². The summed E-state index contributed by atoms with van der Waals surface area (Å²) in [6.45, 7) is 3.89. The van der Waals surface area contributed by atoms with E-state index in [1.165, 1.54) is 0 Å². The van der Waals surface area contributed by atoms with Gasteiger partial charge in [-0.25, -0.2) is 0 Å². The molecule has 0 bridgehead atoms. The summed E-state index contributed by atoms with van der Waals surface area (Å²) >= 11 is 0. The maximum absolute atomic E-state index is 9.93. The van der Waals surface area contributed by atoms with Gasteiger partial charge >= 0.3 is 0 Å². The van der Waals surface area contributed by atoms with E-state index in [-0.39, 0.29) is 0 Å². The van der Waals surface area contributed by atoms with Crippen LogP contribution in [0.3, 0.4) is 0 Å². The zero-order valence-electron chi connectivity index (χ0n) is 9.46. The van der Waals surface area contributed by atoms with Crippen molar-refractivity contribution in [3.63, 3.8) is 0 Å². The number of unbranched alkanes of at least 4 members (excludes halogenated alkanes) is 1. The fourth-order valence-electron chi connectivity index (χ4n) is 1.31. The highest BCUT2D eigenvalue weighted by atomic mass is 16.3. The molecule has 0 saturated heterocycles. The Morgan fingerprint density at radius 1 is 1.27 bits per heavy atom. The molecule has 0 radical (unpaired) electrons. The van der Waals surface area contributed by atoms with Crippen molar-refractivity contribution in [1.82, 2.24) is 0 Å². The van der Waals surface area contributed by atoms with Crippen molar-refractivity contribution >= 4 is 0 Å². The summed E-state index contributed by atoms with van der Waals surface area (Å²) in [4.78, 5) is 0. The van der Waals surface area contributed by atoms with Crippen LogP contribution in [0.2, 0.25) is 0 Å². The van der Waals surface area contributed by atoms with Crippen LogP contribution < -0.4 is 0 Å². The Bertz CT molecular complexity index is 341. The molecule has 0 aromatic heterocycles. The first-order valence-corrected chi connectivity index (χ1v) is 5.44. The van der Waals surface area contributed by atoms with Gasteiger partial charge in [0.1, 0.15) is 5.60 Å². The Morgan fingerprint density at radius 2 is 1.93 bits per heavy atom. The third-order valence-electron chi connectivity index (χ3n) is 2.27. The number of benzene rings is 1. The van der Waals surface area contributed by atoms with Crippen molar-refractivity contribution < 1.29 is 5.11 Å². The molecule has 0 aliphatic carbocycles. The third-order valence-corrected chi connectivity index (χ3v) is 2.27. The van der Waals surface area contributed by atoms with E-state index in [2.05, 4.69) is 18.8 Å². The van der Waals surface area contributed by atoms with E-state index in [4.69, 9.17) is 0 Å². The molecule has 0 fully saturated rings. The van der Waals surface area contributed by atoms with Crippen molar-refractivity contribution in [1.29, 1.82) is 0 Å². The highest BCUT2D eigenvalue weighted by Gasteiger charge is 2.14. The van der Waals surface area contributed by atoms with Crippen molar-refractivity contribution in [2.24, 2.45) is 0 Å². The monoisotopic (exact) mass is 202 g/mol. The quantitative estimate of drug-likeness (QED) is 0.747. The van der Waals surface area contributed by atoms with Gasteiger partial charge in [-0.15, -0.1) is 0 Å². The van der Waals surface area contributed by atoms with E-state index in [9.17, 15) is 5.11 Å². The predicted octanol–water partition coefficient (Wildman–Crippen LogP) is 2.98. The molecular formula is C14H18O. The van der Waals surface area contributed by atoms with Crippen LogP contribution in [0, 0.1) is 11.8 Å². The highest BCUT2D eigenvalue weighted by Crippen LogP contribution is 2.12. The maximum atomic E-state index is 9.93. The fraction of sp³-hybridized carbons (Fsp3) is 0.429. The minimum absolute atomic E-state index is 0.739. The zero-order valence-corrected chi connectivity index (χ0v) is 9.46. The van der Waals surface area contributed by atoms with Gasteiger partial charge in [-0.2, -0.15) is 0 Å². The fourth-order valence-corrected chi connectivity index (χ4v) is 1.31. The first kappa shape index (κ1) is 11.8. The molecule has 0 spiro atoms. The molecule has 0 aliphatic rings. The van der Waals surface area contributed by atoms with Crippen molar-refractivity contribution in [3.8, 4) is 11.8 Å². The summed E-state index contributed by atoms with van der Waals surface area (Å²) in [5.41, 5.74) is 0.0977. The Hall–Kier alpha value is -1.26. The largest absolute Gasteiger partial charge is 0.378 e. The van der Waals surface area contributed by atoms with Crippen LogP contribution in [0.4, 0.5) is 0 Å². The van der Waals surface area contributed by atoms with E-state index >= 15 is 0 Å². The molecule has 0 amide bonds. The summed E-state index contributed by atoms with van der Waals surface area (Å²) in [6, 6.07) is 9.75. The molecule has 1 heteroatoms. The second-order valence-electron chi connectivity index (χ2n) is 3.99. The normalized spacial score (nSPS) is 13.8. The van der Waals surface area contributed by atoms with Crippen molar-refractivity contribution in [2.45, 2.75) is 38.7 Å². The van der Waals surface area contributed by atoms with Crippen LogP contribution in [-0.4, -0.2) is 10.7 Å². The average Bonchev–Trinajstić information content (AvgIpc) is 2.25. The first-order chi connectivity index (χ1) is 7.14. The number of hydrogen-bond donors (Lipinski definition) is 1. The van der Waals surface area contributed by atoms with E-state index in [1.807, 2.05) is 30.3 Å². The Morgan fingerprint density at radius 3 is 2.53 bits per heavy atom. The topological polar surface area (TPSA) is 20.2 Å². The Balaban J connectivity index is 2.64. The summed E-state index contributed by atoms with van der Waals surface area (Å²) in [5, 5.41) is 9.93. The van der Waals surface area contributed by atoms with Crippen molar-refractivity contribution in [2.75, 3.05) is 0 Å². The van der Waals surface area contributed by atoms with Gasteiger partial charge in [-0.05, 0) is 31.9 Å². The molecule has 1 rings (SSSR count). The molecular weight excluding hydrogens is 184 g/mol. The standard InChI is InChI=1S/C14H18O/c1-3-4-11-14(2,15)12-10-13-8-6-5-7-9-13/h5-9,15H,3-4,11H2,1-2H3. The lowest BCUT2D eigenvalue weighted by molar-refractivity contribution is 0.109. The maximum Gasteiger partial charge on any atom is 0.123 e. The van der Waals surface area contributed by atoms with Gasteiger partial charge in [0.15, 0.2) is 0 Å². The van der Waals surface area contributed by atoms with Crippen LogP contribution in [-0.2, 0) is 0 Å². The summed E-state index contributed by atoms with van der Waals surface area (Å²) < 4.78 is 0. The molecule has 1 unspecified atom stereocenters. The van der Waals surface area contributed by atoms with Crippen LogP contribution in [0.5, 0.6) is 0 Å². The minimum atomic E-state index is -0.855. The molecule has 1 N–H and O–H groups in total. The zero-order chi connectivity index (χ0) is 11.1. The van der Waals surface area contributed by atoms with E-state index in [0.29, 0.717) is 0 Å². The average molecular weight is 202 g/mol. The number of rotatable bonds is 3. The molecule has 0 heterocycles. The molecule has 1 aromatic rings. The lowest BCUT2D eigenvalue weighted by Gasteiger charge is -2.14. The summed E-state index contributed by atoms with van der Waals surface area (Å²) in [7, 11) is 0. The lowest BCUT2D eigenvalue weighted by Crippen LogP contribution is -2.20. The molecule has 15 heavy (non-hydrogen) atoms.